The van der Waals surface area contributed by atoms with Crippen LogP contribution in [0.3, 0.4) is 0 Å². The van der Waals surface area contributed by atoms with Crippen molar-refractivity contribution in [1.29, 1.82) is 0 Å². The summed E-state index contributed by atoms with van der Waals surface area (Å²) in [5, 5.41) is 10.8. The van der Waals surface area contributed by atoms with Gasteiger partial charge in [-0.3, -0.25) is 24.6 Å². The van der Waals surface area contributed by atoms with Gasteiger partial charge in [-0.05, 0) is 64.9 Å². The monoisotopic (exact) mass is 554 g/mol. The lowest BCUT2D eigenvalue weighted by Gasteiger charge is -2.14. The first kappa shape index (κ1) is 25.4. The first-order valence-electron chi connectivity index (χ1n) is 11.2. The zero-order chi connectivity index (χ0) is 26.8. The molecule has 3 aromatic carbocycles. The minimum absolute atomic E-state index is 0.000845. The first-order valence-corrected chi connectivity index (χ1v) is 12.4. The van der Waals surface area contributed by atoms with E-state index in [4.69, 9.17) is 30.5 Å². The van der Waals surface area contributed by atoms with Crippen LogP contribution in [-0.4, -0.2) is 34.9 Å². The number of methoxy groups -OCH3 is 1. The Morgan fingerprint density at radius 2 is 1.82 bits per heavy atom. The largest absolute Gasteiger partial charge is 0.493 e. The summed E-state index contributed by atoms with van der Waals surface area (Å²) in [5.41, 5.74) is 1.95. The summed E-state index contributed by atoms with van der Waals surface area (Å²) in [4.78, 5) is 37.4. The molecular formula is C26H19ClN2O8S. The maximum absolute atomic E-state index is 13.0. The highest BCUT2D eigenvalue weighted by atomic mass is 35.5. The maximum Gasteiger partial charge on any atom is 0.293 e. The molecule has 0 aliphatic carbocycles. The van der Waals surface area contributed by atoms with Gasteiger partial charge in [-0.2, -0.15) is 0 Å². The van der Waals surface area contributed by atoms with E-state index in [0.717, 1.165) is 22.2 Å². The van der Waals surface area contributed by atoms with E-state index < -0.39 is 16.1 Å². The summed E-state index contributed by atoms with van der Waals surface area (Å²) in [6, 6.07) is 14.4. The van der Waals surface area contributed by atoms with E-state index in [1.807, 2.05) is 0 Å². The molecule has 0 aromatic heterocycles. The summed E-state index contributed by atoms with van der Waals surface area (Å²) >= 11 is 7.16. The normalized spacial score (nSPS) is 15.3. The fraction of sp³-hybridized carbons (Fsp3) is 0.154. The van der Waals surface area contributed by atoms with Gasteiger partial charge in [-0.15, -0.1) is 0 Å². The van der Waals surface area contributed by atoms with E-state index in [1.54, 1.807) is 48.5 Å². The first-order chi connectivity index (χ1) is 18.3. The van der Waals surface area contributed by atoms with E-state index in [2.05, 4.69) is 0 Å². The molecular weight excluding hydrogens is 536 g/mol. The minimum atomic E-state index is -0.465. The number of carbonyl (C=O) groups excluding carboxylic acids is 2. The van der Waals surface area contributed by atoms with Crippen LogP contribution in [0.1, 0.15) is 16.7 Å². The second-order valence-corrected chi connectivity index (χ2v) is 9.59. The second-order valence-electron chi connectivity index (χ2n) is 8.19. The van der Waals surface area contributed by atoms with Crippen LogP contribution in [0.2, 0.25) is 5.02 Å². The smallest absolute Gasteiger partial charge is 0.293 e. The van der Waals surface area contributed by atoms with Gasteiger partial charge in [0.2, 0.25) is 6.79 Å². The number of carbonyl (C=O) groups is 2. The highest BCUT2D eigenvalue weighted by Crippen LogP contribution is 2.40. The Labute approximate surface area is 225 Å². The van der Waals surface area contributed by atoms with E-state index in [9.17, 15) is 19.7 Å². The Balaban J connectivity index is 1.29. The molecule has 0 bridgehead atoms. The molecule has 194 valence electrons. The van der Waals surface area contributed by atoms with Crippen molar-refractivity contribution in [3.05, 3.63) is 91.3 Å². The predicted octanol–water partition coefficient (Wildman–Crippen LogP) is 5.80. The quantitative estimate of drug-likeness (QED) is 0.193. The molecule has 10 nitrogen and oxygen atoms in total. The number of halogens is 1. The van der Waals surface area contributed by atoms with Gasteiger partial charge in [0.15, 0.2) is 23.0 Å². The van der Waals surface area contributed by atoms with Crippen molar-refractivity contribution in [3.8, 4) is 23.0 Å². The maximum atomic E-state index is 13.0. The number of hydrogen-bond acceptors (Lipinski definition) is 9. The van der Waals surface area contributed by atoms with Crippen molar-refractivity contribution < 1.29 is 33.5 Å². The van der Waals surface area contributed by atoms with Gasteiger partial charge in [0.1, 0.15) is 6.61 Å². The van der Waals surface area contributed by atoms with Crippen LogP contribution < -0.4 is 18.9 Å². The molecule has 0 radical (unpaired) electrons. The third-order valence-corrected chi connectivity index (χ3v) is 7.03. The highest BCUT2D eigenvalue weighted by Gasteiger charge is 2.35. The number of nitro benzene ring substituents is 1. The van der Waals surface area contributed by atoms with E-state index in [1.165, 1.54) is 19.2 Å². The second kappa shape index (κ2) is 10.6. The molecule has 1 saturated heterocycles. The van der Waals surface area contributed by atoms with Gasteiger partial charge in [-0.1, -0.05) is 17.7 Å². The lowest BCUT2D eigenvalue weighted by Crippen LogP contribution is -2.27. The summed E-state index contributed by atoms with van der Waals surface area (Å²) in [6.45, 7) is 0.259. The van der Waals surface area contributed by atoms with Crippen LogP contribution in [0.4, 0.5) is 10.5 Å². The van der Waals surface area contributed by atoms with Crippen molar-refractivity contribution in [1.82, 2.24) is 4.90 Å². The average molecular weight is 555 g/mol. The molecule has 0 N–H and O–H groups in total. The van der Waals surface area contributed by atoms with Crippen LogP contribution in [-0.2, 0) is 17.9 Å². The molecule has 12 heteroatoms. The summed E-state index contributed by atoms with van der Waals surface area (Å²) in [5.74, 6) is 1.46. The van der Waals surface area contributed by atoms with Crippen molar-refractivity contribution in [2.75, 3.05) is 13.9 Å². The summed E-state index contributed by atoms with van der Waals surface area (Å²) < 4.78 is 21.9. The number of nitro groups is 1. The summed E-state index contributed by atoms with van der Waals surface area (Å²) in [7, 11) is 1.49. The molecule has 5 rings (SSSR count). The van der Waals surface area contributed by atoms with Gasteiger partial charge in [-0.25, -0.2) is 0 Å². The minimum Gasteiger partial charge on any atom is -0.493 e. The molecule has 2 amide bonds. The molecule has 2 aliphatic heterocycles. The Morgan fingerprint density at radius 1 is 1.08 bits per heavy atom. The Morgan fingerprint density at radius 3 is 2.53 bits per heavy atom. The average Bonchev–Trinajstić information content (AvgIpc) is 3.47. The van der Waals surface area contributed by atoms with E-state index in [-0.39, 0.29) is 30.5 Å². The lowest BCUT2D eigenvalue weighted by molar-refractivity contribution is -0.384. The molecule has 0 spiro atoms. The molecule has 0 atom stereocenters. The van der Waals surface area contributed by atoms with Crippen molar-refractivity contribution in [2.24, 2.45) is 0 Å². The number of fused-ring (bicyclic) bond motifs is 1. The highest BCUT2D eigenvalue weighted by molar-refractivity contribution is 8.18. The number of benzene rings is 3. The molecule has 1 fully saturated rings. The number of amides is 2. The number of non-ortho nitro benzene ring substituents is 1. The van der Waals surface area contributed by atoms with Gasteiger partial charge < -0.3 is 18.9 Å². The van der Waals surface area contributed by atoms with Gasteiger partial charge >= 0.3 is 0 Å². The standard InChI is InChI=1S/C26H19ClN2O8S/c1-34-21-8-16(4-7-20(21)35-13-15-2-5-18(6-3-15)29(32)33)9-24-25(30)28(26(31)38-24)12-17-10-22-23(11-19(17)27)37-14-36-22/h2-11H,12-14H2,1H3/b24-9+. The van der Waals surface area contributed by atoms with Gasteiger partial charge in [0.25, 0.3) is 16.8 Å². The number of imide groups is 1. The fourth-order valence-electron chi connectivity index (χ4n) is 3.81. The third-order valence-electron chi connectivity index (χ3n) is 5.77. The topological polar surface area (TPSA) is 117 Å². The van der Waals surface area contributed by atoms with E-state index in [0.29, 0.717) is 39.1 Å². The Kier molecular flexibility index (Phi) is 7.12. The molecule has 0 saturated carbocycles. The SMILES string of the molecule is COc1cc(/C=C2/SC(=O)N(Cc3cc4c(cc3Cl)OCO4)C2=O)ccc1OCc1ccc([N+](=O)[O-])cc1. The van der Waals surface area contributed by atoms with Crippen LogP contribution in [0.15, 0.2) is 59.5 Å². The fourth-order valence-corrected chi connectivity index (χ4v) is 4.86. The van der Waals surface area contributed by atoms with Crippen molar-refractivity contribution in [3.63, 3.8) is 0 Å². The zero-order valence-corrected chi connectivity index (χ0v) is 21.4. The Hall–Kier alpha value is -4.22. The molecule has 38 heavy (non-hydrogen) atoms. The predicted molar refractivity (Wildman–Crippen MR) is 140 cm³/mol. The number of hydrogen-bond donors (Lipinski definition) is 0. The van der Waals surface area contributed by atoms with Crippen LogP contribution in [0, 0.1) is 10.1 Å². The third kappa shape index (κ3) is 5.24. The Bertz CT molecular complexity index is 1470. The van der Waals surface area contributed by atoms with Gasteiger partial charge in [0, 0.05) is 23.2 Å². The van der Waals surface area contributed by atoms with Crippen LogP contribution >= 0.6 is 23.4 Å². The van der Waals surface area contributed by atoms with Crippen LogP contribution in [0.25, 0.3) is 6.08 Å². The molecule has 3 aromatic rings. The van der Waals surface area contributed by atoms with Gasteiger partial charge in [0.05, 0.1) is 23.5 Å². The molecule has 2 aliphatic rings. The van der Waals surface area contributed by atoms with Crippen LogP contribution in [0.5, 0.6) is 23.0 Å². The summed E-state index contributed by atoms with van der Waals surface area (Å²) in [6.07, 6.45) is 1.61. The number of ether oxygens (including phenoxy) is 4. The van der Waals surface area contributed by atoms with Crippen molar-refractivity contribution in [2.45, 2.75) is 13.2 Å². The number of thioether (sulfide) groups is 1. The van der Waals surface area contributed by atoms with Crippen molar-refractivity contribution >= 4 is 46.3 Å². The van der Waals surface area contributed by atoms with E-state index >= 15 is 0 Å². The number of nitrogens with zero attached hydrogens (tertiary/aromatic N) is 2. The number of rotatable bonds is 8. The molecule has 0 unspecified atom stereocenters. The molecule has 2 heterocycles. The lowest BCUT2D eigenvalue weighted by atomic mass is 10.1. The zero-order valence-electron chi connectivity index (χ0n) is 19.8.